The smallest absolute Gasteiger partial charge is 0.338 e. The van der Waals surface area contributed by atoms with Crippen molar-refractivity contribution in [3.63, 3.8) is 0 Å². The third kappa shape index (κ3) is 3.26. The number of amides is 2. The molecule has 2 amide bonds. The Morgan fingerprint density at radius 1 is 1.41 bits per heavy atom. The van der Waals surface area contributed by atoms with Gasteiger partial charge in [-0.25, -0.2) is 9.59 Å². The van der Waals surface area contributed by atoms with Crippen LogP contribution in [0, 0.1) is 0 Å². The van der Waals surface area contributed by atoms with Crippen molar-refractivity contribution in [2.24, 2.45) is 0 Å². The topological polar surface area (TPSA) is 67.4 Å². The minimum atomic E-state index is -0.785. The molecule has 0 aliphatic carbocycles. The highest BCUT2D eigenvalue weighted by atomic mass is 35.5. The van der Waals surface area contributed by atoms with Crippen LogP contribution in [-0.2, 0) is 9.53 Å². The molecule has 116 valence electrons. The molecule has 0 radical (unpaired) electrons. The highest BCUT2D eigenvalue weighted by molar-refractivity contribution is 6.36. The minimum Gasteiger partial charge on any atom is -0.458 e. The van der Waals surface area contributed by atoms with Crippen LogP contribution >= 0.6 is 23.2 Å². The second-order valence-corrected chi connectivity index (χ2v) is 5.41. The Bertz CT molecular complexity index is 651. The third-order valence-electron chi connectivity index (χ3n) is 3.11. The first-order chi connectivity index (χ1) is 10.5. The summed E-state index contributed by atoms with van der Waals surface area (Å²) in [6, 6.07) is 3.73. The number of nitrogens with one attached hydrogen (secondary N) is 2. The summed E-state index contributed by atoms with van der Waals surface area (Å²) in [4.78, 5) is 24.0. The predicted molar refractivity (Wildman–Crippen MR) is 84.7 cm³/mol. The molecule has 0 aromatic heterocycles. The van der Waals surface area contributed by atoms with Gasteiger partial charge in [-0.2, -0.15) is 0 Å². The molecule has 7 heteroatoms. The fraction of sp³-hybridized carbons (Fsp3) is 0.200. The number of ether oxygens (including phenoxy) is 1. The van der Waals surface area contributed by atoms with Crippen molar-refractivity contribution in [1.82, 2.24) is 10.6 Å². The van der Waals surface area contributed by atoms with Gasteiger partial charge in [0.2, 0.25) is 0 Å². The van der Waals surface area contributed by atoms with Crippen LogP contribution in [0.25, 0.3) is 0 Å². The molecular weight excluding hydrogens is 327 g/mol. The molecule has 1 unspecified atom stereocenters. The molecule has 1 aliphatic heterocycles. The first-order valence-corrected chi connectivity index (χ1v) is 7.21. The predicted octanol–water partition coefficient (Wildman–Crippen LogP) is 3.35. The SMILES string of the molecule is C=CCOC(=O)C1=C(C)NC(=O)NC1c1c(Cl)cccc1Cl. The number of hydrogen-bond acceptors (Lipinski definition) is 3. The van der Waals surface area contributed by atoms with Gasteiger partial charge in [-0.3, -0.25) is 0 Å². The first-order valence-electron chi connectivity index (χ1n) is 6.46. The van der Waals surface area contributed by atoms with Gasteiger partial charge in [-0.1, -0.05) is 41.9 Å². The van der Waals surface area contributed by atoms with Gasteiger partial charge in [0, 0.05) is 21.3 Å². The molecule has 1 aromatic rings. The lowest BCUT2D eigenvalue weighted by molar-refractivity contribution is -0.138. The van der Waals surface area contributed by atoms with E-state index in [-0.39, 0.29) is 12.2 Å². The van der Waals surface area contributed by atoms with Crippen LogP contribution in [0.1, 0.15) is 18.5 Å². The van der Waals surface area contributed by atoms with Gasteiger partial charge in [0.05, 0.1) is 11.6 Å². The van der Waals surface area contributed by atoms with Crippen LogP contribution in [0.4, 0.5) is 4.79 Å². The van der Waals surface area contributed by atoms with Gasteiger partial charge < -0.3 is 15.4 Å². The Morgan fingerprint density at radius 2 is 2.05 bits per heavy atom. The number of benzene rings is 1. The summed E-state index contributed by atoms with van der Waals surface area (Å²) in [5.74, 6) is -0.578. The summed E-state index contributed by atoms with van der Waals surface area (Å²) in [7, 11) is 0. The van der Waals surface area contributed by atoms with E-state index in [4.69, 9.17) is 27.9 Å². The van der Waals surface area contributed by atoms with E-state index in [1.807, 2.05) is 0 Å². The Labute approximate surface area is 137 Å². The van der Waals surface area contributed by atoms with Crippen molar-refractivity contribution < 1.29 is 14.3 Å². The van der Waals surface area contributed by atoms with Gasteiger partial charge >= 0.3 is 12.0 Å². The molecule has 0 fully saturated rings. The van der Waals surface area contributed by atoms with Gasteiger partial charge in [0.25, 0.3) is 0 Å². The Hall–Kier alpha value is -1.98. The summed E-state index contributed by atoms with van der Waals surface area (Å²) in [6.07, 6.45) is 1.46. The largest absolute Gasteiger partial charge is 0.458 e. The number of rotatable bonds is 4. The number of urea groups is 1. The third-order valence-corrected chi connectivity index (χ3v) is 3.77. The second-order valence-electron chi connectivity index (χ2n) is 4.59. The number of carbonyl (C=O) groups excluding carboxylic acids is 2. The Balaban J connectivity index is 2.51. The minimum absolute atomic E-state index is 0.0620. The summed E-state index contributed by atoms with van der Waals surface area (Å²) >= 11 is 12.4. The van der Waals surface area contributed by atoms with Gasteiger partial charge in [-0.15, -0.1) is 0 Å². The molecule has 0 saturated heterocycles. The number of hydrogen-bond donors (Lipinski definition) is 2. The van der Waals surface area contributed by atoms with E-state index < -0.39 is 18.0 Å². The highest BCUT2D eigenvalue weighted by Gasteiger charge is 2.34. The van der Waals surface area contributed by atoms with E-state index in [1.54, 1.807) is 25.1 Å². The molecule has 1 aliphatic rings. The lowest BCUT2D eigenvalue weighted by Gasteiger charge is -2.29. The van der Waals surface area contributed by atoms with Crippen LogP contribution in [0.3, 0.4) is 0 Å². The van der Waals surface area contributed by atoms with Crippen LogP contribution in [-0.4, -0.2) is 18.6 Å². The standard InChI is InChI=1S/C15H14Cl2N2O3/c1-3-7-22-14(20)11-8(2)18-15(21)19-13(11)12-9(16)5-4-6-10(12)17/h3-6,13H,1,7H2,2H3,(H2,18,19,21). The van der Waals surface area contributed by atoms with Crippen molar-refractivity contribution in [3.05, 3.63) is 57.7 Å². The number of carbonyl (C=O) groups is 2. The number of allylic oxidation sites excluding steroid dienone is 1. The van der Waals surface area contributed by atoms with Gasteiger partial charge in [-0.05, 0) is 19.1 Å². The summed E-state index contributed by atoms with van der Waals surface area (Å²) < 4.78 is 5.08. The van der Waals surface area contributed by atoms with Crippen LogP contribution in [0.5, 0.6) is 0 Å². The maximum Gasteiger partial charge on any atom is 0.338 e. The monoisotopic (exact) mass is 340 g/mol. The van der Waals surface area contributed by atoms with Crippen LogP contribution < -0.4 is 10.6 Å². The molecule has 0 saturated carbocycles. The molecular formula is C15H14Cl2N2O3. The number of esters is 1. The van der Waals surface area contributed by atoms with Crippen molar-refractivity contribution >= 4 is 35.2 Å². The molecule has 5 nitrogen and oxygen atoms in total. The van der Waals surface area contributed by atoms with Crippen LogP contribution in [0.15, 0.2) is 42.1 Å². The summed E-state index contributed by atoms with van der Waals surface area (Å²) in [5.41, 5.74) is 1.08. The average molecular weight is 341 g/mol. The zero-order chi connectivity index (χ0) is 16.3. The zero-order valence-corrected chi connectivity index (χ0v) is 13.3. The fourth-order valence-electron chi connectivity index (χ4n) is 2.18. The highest BCUT2D eigenvalue weighted by Crippen LogP contribution is 2.36. The maximum absolute atomic E-state index is 12.3. The lowest BCUT2D eigenvalue weighted by atomic mass is 9.95. The van der Waals surface area contributed by atoms with Gasteiger partial charge in [0.15, 0.2) is 0 Å². The van der Waals surface area contributed by atoms with Crippen molar-refractivity contribution in [1.29, 1.82) is 0 Å². The second kappa shape index (κ2) is 6.85. The number of halogens is 2. The lowest BCUT2D eigenvalue weighted by Crippen LogP contribution is -2.45. The van der Waals surface area contributed by atoms with Crippen molar-refractivity contribution in [3.8, 4) is 0 Å². The molecule has 0 bridgehead atoms. The van der Waals surface area contributed by atoms with Gasteiger partial charge in [0.1, 0.15) is 6.61 Å². The average Bonchev–Trinajstić information content (AvgIpc) is 2.44. The maximum atomic E-state index is 12.3. The molecule has 1 atom stereocenters. The van der Waals surface area contributed by atoms with E-state index in [0.717, 1.165) is 0 Å². The van der Waals surface area contributed by atoms with E-state index in [0.29, 0.717) is 21.3 Å². The van der Waals surface area contributed by atoms with Crippen molar-refractivity contribution in [2.75, 3.05) is 6.61 Å². The summed E-state index contributed by atoms with van der Waals surface area (Å²) in [6.45, 7) is 5.17. The zero-order valence-electron chi connectivity index (χ0n) is 11.8. The molecule has 2 rings (SSSR count). The van der Waals surface area contributed by atoms with E-state index >= 15 is 0 Å². The first kappa shape index (κ1) is 16.4. The van der Waals surface area contributed by atoms with Crippen LogP contribution in [0.2, 0.25) is 10.0 Å². The quantitative estimate of drug-likeness (QED) is 0.652. The molecule has 0 spiro atoms. The Morgan fingerprint density at radius 3 is 2.64 bits per heavy atom. The molecule has 2 N–H and O–H groups in total. The normalized spacial score (nSPS) is 17.6. The van der Waals surface area contributed by atoms with E-state index in [2.05, 4.69) is 17.2 Å². The molecule has 1 aromatic carbocycles. The molecule has 1 heterocycles. The Kier molecular flexibility index (Phi) is 5.11. The van der Waals surface area contributed by atoms with E-state index in [1.165, 1.54) is 6.08 Å². The fourth-order valence-corrected chi connectivity index (χ4v) is 2.80. The van der Waals surface area contributed by atoms with E-state index in [9.17, 15) is 9.59 Å². The molecule has 22 heavy (non-hydrogen) atoms. The summed E-state index contributed by atoms with van der Waals surface area (Å²) in [5, 5.41) is 5.89. The van der Waals surface area contributed by atoms with Crippen molar-refractivity contribution in [2.45, 2.75) is 13.0 Å².